The van der Waals surface area contributed by atoms with Gasteiger partial charge in [-0.15, -0.1) is 0 Å². The minimum Gasteiger partial charge on any atom is -0.330 e. The minimum absolute atomic E-state index is 0.205. The van der Waals surface area contributed by atoms with Crippen LogP contribution in [0.25, 0.3) is 10.9 Å². The highest BCUT2D eigenvalue weighted by atomic mass is 19.4. The van der Waals surface area contributed by atoms with Crippen LogP contribution in [0.4, 0.5) is 18.9 Å². The predicted molar refractivity (Wildman–Crippen MR) is 103 cm³/mol. The Labute approximate surface area is 165 Å². The van der Waals surface area contributed by atoms with E-state index in [0.717, 1.165) is 11.5 Å². The Bertz CT molecular complexity index is 1050. The molecule has 0 fully saturated rings. The summed E-state index contributed by atoms with van der Waals surface area (Å²) in [6, 6.07) is 13.4. The van der Waals surface area contributed by atoms with Gasteiger partial charge in [0.2, 0.25) is 5.91 Å². The molecular weight excluding hydrogens is 383 g/mol. The molecule has 3 aromatic rings. The zero-order chi connectivity index (χ0) is 21.0. The first-order chi connectivity index (χ1) is 13.8. The Hall–Kier alpha value is -3.42. The molecular formula is C21H18F3N3O2. The Kier molecular flexibility index (Phi) is 5.81. The van der Waals surface area contributed by atoms with Gasteiger partial charge in [-0.1, -0.05) is 30.3 Å². The summed E-state index contributed by atoms with van der Waals surface area (Å²) in [6.07, 6.45) is -3.03. The number of rotatable bonds is 5. The van der Waals surface area contributed by atoms with E-state index in [1.165, 1.54) is 23.1 Å². The number of benzene rings is 2. The number of hydrogen-bond donors (Lipinski definition) is 1. The van der Waals surface area contributed by atoms with Crippen LogP contribution in [0.2, 0.25) is 0 Å². The van der Waals surface area contributed by atoms with E-state index >= 15 is 0 Å². The number of hydrogen-bond acceptors (Lipinski definition) is 3. The number of aromatic nitrogens is 1. The van der Waals surface area contributed by atoms with Crippen molar-refractivity contribution in [2.75, 3.05) is 18.4 Å². The van der Waals surface area contributed by atoms with E-state index in [2.05, 4.69) is 10.3 Å². The number of nitrogens with zero attached hydrogens (tertiary/aromatic N) is 2. The van der Waals surface area contributed by atoms with Gasteiger partial charge in [-0.3, -0.25) is 14.6 Å². The van der Waals surface area contributed by atoms with Gasteiger partial charge in [-0.2, -0.15) is 13.2 Å². The molecule has 0 atom stereocenters. The lowest BCUT2D eigenvalue weighted by molar-refractivity contribution is -0.137. The molecule has 0 aliphatic rings. The zero-order valence-corrected chi connectivity index (χ0v) is 15.5. The molecule has 5 nitrogen and oxygen atoms in total. The van der Waals surface area contributed by atoms with Crippen molar-refractivity contribution in [1.82, 2.24) is 9.88 Å². The molecule has 0 spiro atoms. The van der Waals surface area contributed by atoms with Crippen molar-refractivity contribution in [2.45, 2.75) is 13.1 Å². The normalized spacial score (nSPS) is 11.3. The average molecular weight is 401 g/mol. The number of amides is 2. The fourth-order valence-corrected chi connectivity index (χ4v) is 2.98. The molecule has 0 saturated carbocycles. The summed E-state index contributed by atoms with van der Waals surface area (Å²) in [5.74, 6) is -1.14. The SMILES string of the molecule is CCN(CC(=O)Nc1ccccc1C(F)(F)F)C(=O)c1cccc2cccnc12. The Morgan fingerprint density at radius 2 is 1.76 bits per heavy atom. The number of carbonyl (C=O) groups excluding carboxylic acids is 2. The van der Waals surface area contributed by atoms with E-state index in [-0.39, 0.29) is 18.8 Å². The number of nitrogens with one attached hydrogen (secondary N) is 1. The Morgan fingerprint density at radius 1 is 1.03 bits per heavy atom. The molecule has 2 aromatic carbocycles. The molecule has 0 radical (unpaired) electrons. The first-order valence-electron chi connectivity index (χ1n) is 8.90. The van der Waals surface area contributed by atoms with Crippen molar-refractivity contribution in [3.63, 3.8) is 0 Å². The lowest BCUT2D eigenvalue weighted by Crippen LogP contribution is -2.38. The van der Waals surface area contributed by atoms with E-state index < -0.39 is 23.6 Å². The summed E-state index contributed by atoms with van der Waals surface area (Å²) < 4.78 is 39.3. The third-order valence-corrected chi connectivity index (χ3v) is 4.37. The highest BCUT2D eigenvalue weighted by molar-refractivity contribution is 6.07. The molecule has 0 saturated heterocycles. The van der Waals surface area contributed by atoms with Crippen molar-refractivity contribution >= 4 is 28.4 Å². The molecule has 1 N–H and O–H groups in total. The average Bonchev–Trinajstić information content (AvgIpc) is 2.70. The molecule has 0 aliphatic heterocycles. The maximum Gasteiger partial charge on any atom is 0.418 e. The fourth-order valence-electron chi connectivity index (χ4n) is 2.98. The van der Waals surface area contributed by atoms with Gasteiger partial charge in [0.05, 0.1) is 22.3 Å². The van der Waals surface area contributed by atoms with E-state index in [4.69, 9.17) is 0 Å². The number of carbonyl (C=O) groups is 2. The van der Waals surface area contributed by atoms with Crippen LogP contribution in [0.5, 0.6) is 0 Å². The number of fused-ring (bicyclic) bond motifs is 1. The van der Waals surface area contributed by atoms with Crippen molar-refractivity contribution in [1.29, 1.82) is 0 Å². The first-order valence-corrected chi connectivity index (χ1v) is 8.90. The van der Waals surface area contributed by atoms with Gasteiger partial charge in [0.25, 0.3) is 5.91 Å². The maximum atomic E-state index is 13.1. The maximum absolute atomic E-state index is 13.1. The summed E-state index contributed by atoms with van der Waals surface area (Å²) in [6.45, 7) is 1.51. The van der Waals surface area contributed by atoms with Crippen LogP contribution >= 0.6 is 0 Å². The second-order valence-electron chi connectivity index (χ2n) is 6.29. The largest absolute Gasteiger partial charge is 0.418 e. The summed E-state index contributed by atoms with van der Waals surface area (Å²) >= 11 is 0. The van der Waals surface area contributed by atoms with Crippen LogP contribution in [0.1, 0.15) is 22.8 Å². The topological polar surface area (TPSA) is 62.3 Å². The van der Waals surface area contributed by atoms with E-state index in [9.17, 15) is 22.8 Å². The van der Waals surface area contributed by atoms with Crippen LogP contribution in [0, 0.1) is 0 Å². The number of anilines is 1. The number of halogens is 3. The molecule has 8 heteroatoms. The molecule has 1 heterocycles. The summed E-state index contributed by atoms with van der Waals surface area (Å²) in [7, 11) is 0. The first kappa shape index (κ1) is 20.3. The second kappa shape index (κ2) is 8.30. The van der Waals surface area contributed by atoms with E-state index in [1.54, 1.807) is 31.3 Å². The number of para-hydroxylation sites is 2. The molecule has 0 unspecified atom stereocenters. The third kappa shape index (κ3) is 4.53. The third-order valence-electron chi connectivity index (χ3n) is 4.37. The van der Waals surface area contributed by atoms with Gasteiger partial charge >= 0.3 is 6.18 Å². The van der Waals surface area contributed by atoms with Gasteiger partial charge in [-0.25, -0.2) is 0 Å². The van der Waals surface area contributed by atoms with Crippen molar-refractivity contribution in [3.05, 3.63) is 71.9 Å². The highest BCUT2D eigenvalue weighted by Gasteiger charge is 2.33. The van der Waals surface area contributed by atoms with E-state index in [1.807, 2.05) is 12.1 Å². The van der Waals surface area contributed by atoms with Gasteiger partial charge in [0.1, 0.15) is 6.54 Å². The number of likely N-dealkylation sites (N-methyl/N-ethyl adjacent to an activating group) is 1. The van der Waals surface area contributed by atoms with Gasteiger partial charge in [-0.05, 0) is 31.2 Å². The van der Waals surface area contributed by atoms with Crippen LogP contribution in [-0.2, 0) is 11.0 Å². The van der Waals surface area contributed by atoms with Crippen LogP contribution in [-0.4, -0.2) is 34.8 Å². The van der Waals surface area contributed by atoms with Crippen molar-refractivity contribution in [3.8, 4) is 0 Å². The van der Waals surface area contributed by atoms with E-state index in [0.29, 0.717) is 11.1 Å². The van der Waals surface area contributed by atoms with Crippen molar-refractivity contribution in [2.24, 2.45) is 0 Å². The molecule has 1 aromatic heterocycles. The zero-order valence-electron chi connectivity index (χ0n) is 15.5. The molecule has 0 bridgehead atoms. The number of pyridine rings is 1. The lowest BCUT2D eigenvalue weighted by atomic mass is 10.1. The molecule has 0 aliphatic carbocycles. The molecule has 29 heavy (non-hydrogen) atoms. The molecule has 150 valence electrons. The predicted octanol–water partition coefficient (Wildman–Crippen LogP) is 4.35. The summed E-state index contributed by atoms with van der Waals surface area (Å²) in [5, 5.41) is 3.03. The van der Waals surface area contributed by atoms with Crippen LogP contribution in [0.3, 0.4) is 0 Å². The van der Waals surface area contributed by atoms with Crippen molar-refractivity contribution < 1.29 is 22.8 Å². The summed E-state index contributed by atoms with van der Waals surface area (Å²) in [4.78, 5) is 30.8. The minimum atomic E-state index is -4.60. The Balaban J connectivity index is 1.80. The standard InChI is InChI=1S/C21H18F3N3O2/c1-2-27(20(29)15-9-5-7-14-8-6-12-25-19(14)15)13-18(28)26-17-11-4-3-10-16(17)21(22,23)24/h3-12H,2,13H2,1H3,(H,26,28). The van der Waals surface area contributed by atoms with Gasteiger partial charge in [0, 0.05) is 18.1 Å². The monoisotopic (exact) mass is 401 g/mol. The van der Waals surface area contributed by atoms with Gasteiger partial charge < -0.3 is 10.2 Å². The fraction of sp³-hybridized carbons (Fsp3) is 0.190. The Morgan fingerprint density at radius 3 is 2.48 bits per heavy atom. The highest BCUT2D eigenvalue weighted by Crippen LogP contribution is 2.34. The van der Waals surface area contributed by atoms with Crippen LogP contribution in [0.15, 0.2) is 60.8 Å². The molecule has 2 amide bonds. The molecule has 3 rings (SSSR count). The smallest absolute Gasteiger partial charge is 0.330 e. The van der Waals surface area contributed by atoms with Gasteiger partial charge in [0.15, 0.2) is 0 Å². The quantitative estimate of drug-likeness (QED) is 0.691. The number of alkyl halides is 3. The summed E-state index contributed by atoms with van der Waals surface area (Å²) in [5.41, 5.74) is -0.462. The van der Waals surface area contributed by atoms with Crippen LogP contribution < -0.4 is 5.32 Å². The lowest BCUT2D eigenvalue weighted by Gasteiger charge is -2.21. The second-order valence-corrected chi connectivity index (χ2v) is 6.29.